The molecule has 1 aliphatic heterocycles. The molecule has 20 heavy (non-hydrogen) atoms. The lowest BCUT2D eigenvalue weighted by Crippen LogP contribution is -2.23. The zero-order valence-corrected chi connectivity index (χ0v) is 12.5. The first-order valence-corrected chi connectivity index (χ1v) is 8.48. The number of aromatic nitrogens is 1. The largest absolute Gasteiger partial charge is 0.370 e. The molecule has 1 N–H and O–H groups in total. The maximum atomic E-state index is 11.9. The normalized spacial score (nSPS) is 15.4. The third-order valence-electron chi connectivity index (χ3n) is 3.28. The molecule has 2 heterocycles. The molecule has 1 aliphatic rings. The maximum Gasteiger partial charge on any atom is 0.177 e. The van der Waals surface area contributed by atoms with Crippen molar-refractivity contribution in [3.63, 3.8) is 0 Å². The minimum absolute atomic E-state index is 0.261. The molecule has 1 aromatic carbocycles. The Morgan fingerprint density at radius 2 is 2.25 bits per heavy atom. The molecule has 0 radical (unpaired) electrons. The molecule has 106 valence electrons. The smallest absolute Gasteiger partial charge is 0.177 e. The highest BCUT2D eigenvalue weighted by atomic mass is 35.5. The van der Waals surface area contributed by atoms with Gasteiger partial charge in [0.1, 0.15) is 5.84 Å². The third-order valence-corrected chi connectivity index (χ3v) is 4.71. The van der Waals surface area contributed by atoms with Gasteiger partial charge in [0, 0.05) is 24.4 Å². The van der Waals surface area contributed by atoms with Crippen molar-refractivity contribution in [1.82, 2.24) is 9.88 Å². The molecule has 3 rings (SSSR count). The molecule has 0 saturated heterocycles. The van der Waals surface area contributed by atoms with Crippen molar-refractivity contribution >= 4 is 38.2 Å². The van der Waals surface area contributed by atoms with Crippen molar-refractivity contribution in [2.75, 3.05) is 19.3 Å². The van der Waals surface area contributed by atoms with E-state index in [1.54, 1.807) is 12.3 Å². The van der Waals surface area contributed by atoms with E-state index in [0.29, 0.717) is 17.0 Å². The fourth-order valence-electron chi connectivity index (χ4n) is 2.40. The number of aliphatic imine (C=N–C) groups is 1. The molecule has 5 nitrogen and oxygen atoms in total. The molecule has 0 saturated carbocycles. The van der Waals surface area contributed by atoms with Crippen LogP contribution in [0.2, 0.25) is 5.02 Å². The van der Waals surface area contributed by atoms with Crippen molar-refractivity contribution < 1.29 is 8.42 Å². The fourth-order valence-corrected chi connectivity index (χ4v) is 3.63. The van der Waals surface area contributed by atoms with Gasteiger partial charge < -0.3 is 9.88 Å². The van der Waals surface area contributed by atoms with E-state index in [1.807, 2.05) is 16.7 Å². The van der Waals surface area contributed by atoms with Gasteiger partial charge in [0.25, 0.3) is 0 Å². The first-order valence-electron chi connectivity index (χ1n) is 6.21. The van der Waals surface area contributed by atoms with Gasteiger partial charge in [-0.2, -0.15) is 0 Å². The predicted octanol–water partition coefficient (Wildman–Crippen LogP) is 1.70. The molecule has 7 heteroatoms. The summed E-state index contributed by atoms with van der Waals surface area (Å²) in [6.45, 7) is 2.11. The zero-order chi connectivity index (χ0) is 14.3. The van der Waals surface area contributed by atoms with Crippen LogP contribution in [0, 0.1) is 0 Å². The van der Waals surface area contributed by atoms with Gasteiger partial charge in [0.2, 0.25) is 0 Å². The lowest BCUT2D eigenvalue weighted by atomic mass is 10.2. The van der Waals surface area contributed by atoms with Crippen LogP contribution in [-0.4, -0.2) is 38.2 Å². The van der Waals surface area contributed by atoms with Gasteiger partial charge in [-0.3, -0.25) is 4.99 Å². The Morgan fingerprint density at radius 1 is 1.45 bits per heavy atom. The number of nitrogens with zero attached hydrogens (tertiary/aromatic N) is 2. The summed E-state index contributed by atoms with van der Waals surface area (Å²) in [5, 5.41) is 4.21. The fraction of sp³-hybridized carbons (Fsp3) is 0.308. The first kappa shape index (κ1) is 13.5. The van der Waals surface area contributed by atoms with E-state index in [9.17, 15) is 8.42 Å². The molecule has 0 amide bonds. The van der Waals surface area contributed by atoms with Crippen LogP contribution >= 0.6 is 11.6 Å². The van der Waals surface area contributed by atoms with Crippen molar-refractivity contribution in [2.24, 2.45) is 4.99 Å². The van der Waals surface area contributed by atoms with Gasteiger partial charge in [0.15, 0.2) is 9.84 Å². The Balaban J connectivity index is 2.20. The number of hydrogen-bond acceptors (Lipinski definition) is 4. The van der Waals surface area contributed by atoms with Gasteiger partial charge in [-0.1, -0.05) is 17.7 Å². The summed E-state index contributed by atoms with van der Waals surface area (Å²) in [6.07, 6.45) is 2.83. The van der Waals surface area contributed by atoms with E-state index >= 15 is 0 Å². The highest BCUT2D eigenvalue weighted by Gasteiger charge is 2.20. The molecule has 0 unspecified atom stereocenters. The SMILES string of the molecule is CS(=O)(=O)c1cn(CC2=NCCN2)c2cccc(Cl)c12. The minimum atomic E-state index is -3.33. The van der Waals surface area contributed by atoms with Crippen molar-refractivity contribution in [3.8, 4) is 0 Å². The average Bonchev–Trinajstić information content (AvgIpc) is 2.98. The summed E-state index contributed by atoms with van der Waals surface area (Å²) in [6, 6.07) is 5.39. The molecule has 0 spiro atoms. The molecule has 2 aromatic rings. The van der Waals surface area contributed by atoms with Crippen LogP contribution in [0.3, 0.4) is 0 Å². The van der Waals surface area contributed by atoms with Gasteiger partial charge in [-0.15, -0.1) is 0 Å². The maximum absolute atomic E-state index is 11.9. The predicted molar refractivity (Wildman–Crippen MR) is 80.4 cm³/mol. The van der Waals surface area contributed by atoms with E-state index in [0.717, 1.165) is 24.4 Å². The van der Waals surface area contributed by atoms with Crippen LogP contribution in [0.4, 0.5) is 0 Å². The number of benzene rings is 1. The summed E-state index contributed by atoms with van der Waals surface area (Å²) < 4.78 is 25.7. The average molecular weight is 312 g/mol. The number of hydrogen-bond donors (Lipinski definition) is 1. The molecular formula is C13H14ClN3O2S. The number of rotatable bonds is 3. The summed E-state index contributed by atoms with van der Waals surface area (Å²) in [7, 11) is -3.33. The highest BCUT2D eigenvalue weighted by molar-refractivity contribution is 7.91. The number of amidine groups is 1. The third kappa shape index (κ3) is 2.29. The quantitative estimate of drug-likeness (QED) is 0.938. The van der Waals surface area contributed by atoms with Gasteiger partial charge in [-0.05, 0) is 12.1 Å². The zero-order valence-electron chi connectivity index (χ0n) is 10.9. The Labute approximate surface area is 122 Å². The van der Waals surface area contributed by atoms with Crippen molar-refractivity contribution in [1.29, 1.82) is 0 Å². The minimum Gasteiger partial charge on any atom is -0.370 e. The summed E-state index contributed by atoms with van der Waals surface area (Å²) in [5.74, 6) is 0.863. The van der Waals surface area contributed by atoms with Crippen LogP contribution < -0.4 is 5.32 Å². The van der Waals surface area contributed by atoms with E-state index in [2.05, 4.69) is 10.3 Å². The molecule has 0 atom stereocenters. The van der Waals surface area contributed by atoms with Gasteiger partial charge in [-0.25, -0.2) is 8.42 Å². The molecule has 0 bridgehead atoms. The number of nitrogens with one attached hydrogen (secondary N) is 1. The van der Waals surface area contributed by atoms with E-state index in [-0.39, 0.29) is 4.90 Å². The second kappa shape index (κ2) is 4.79. The molecule has 0 aliphatic carbocycles. The first-order chi connectivity index (χ1) is 9.47. The van der Waals surface area contributed by atoms with Crippen molar-refractivity contribution in [3.05, 3.63) is 29.4 Å². The Kier molecular flexibility index (Phi) is 3.22. The standard InChI is InChI=1S/C13H14ClN3O2S/c1-20(18,19)11-7-17(8-12-15-5-6-16-12)10-4-2-3-9(14)13(10)11/h2-4,7H,5-6,8H2,1H3,(H,15,16). The van der Waals surface area contributed by atoms with Crippen molar-refractivity contribution in [2.45, 2.75) is 11.4 Å². The van der Waals surface area contributed by atoms with Gasteiger partial charge in [0.05, 0.1) is 28.5 Å². The highest BCUT2D eigenvalue weighted by Crippen LogP contribution is 2.31. The molecule has 0 fully saturated rings. The lowest BCUT2D eigenvalue weighted by Gasteiger charge is -2.05. The molecule has 1 aromatic heterocycles. The monoisotopic (exact) mass is 311 g/mol. The Morgan fingerprint density at radius 3 is 2.90 bits per heavy atom. The number of halogens is 1. The second-order valence-electron chi connectivity index (χ2n) is 4.78. The topological polar surface area (TPSA) is 63.5 Å². The van der Waals surface area contributed by atoms with Crippen LogP contribution in [0.25, 0.3) is 10.9 Å². The van der Waals surface area contributed by atoms with Crippen LogP contribution in [-0.2, 0) is 16.4 Å². The number of fused-ring (bicyclic) bond motifs is 1. The lowest BCUT2D eigenvalue weighted by molar-refractivity contribution is 0.602. The van der Waals surface area contributed by atoms with Crippen LogP contribution in [0.15, 0.2) is 34.3 Å². The van der Waals surface area contributed by atoms with E-state index < -0.39 is 9.84 Å². The Bertz CT molecular complexity index is 808. The summed E-state index contributed by atoms with van der Waals surface area (Å²) >= 11 is 6.17. The number of sulfone groups is 1. The summed E-state index contributed by atoms with van der Waals surface area (Å²) in [4.78, 5) is 4.59. The van der Waals surface area contributed by atoms with E-state index in [4.69, 9.17) is 11.6 Å². The van der Waals surface area contributed by atoms with Crippen LogP contribution in [0.1, 0.15) is 0 Å². The van der Waals surface area contributed by atoms with Crippen LogP contribution in [0.5, 0.6) is 0 Å². The van der Waals surface area contributed by atoms with E-state index in [1.165, 1.54) is 6.26 Å². The summed E-state index contributed by atoms with van der Waals surface area (Å²) in [5.41, 5.74) is 0.800. The molecular weight excluding hydrogens is 298 g/mol. The second-order valence-corrected chi connectivity index (χ2v) is 7.17. The Hall–Kier alpha value is -1.53. The van der Waals surface area contributed by atoms with Gasteiger partial charge >= 0.3 is 0 Å².